The highest BCUT2D eigenvalue weighted by Gasteiger charge is 2.13. The summed E-state index contributed by atoms with van der Waals surface area (Å²) < 4.78 is 1.91. The van der Waals surface area contributed by atoms with Crippen molar-refractivity contribution in [2.24, 2.45) is 0 Å². The van der Waals surface area contributed by atoms with Crippen molar-refractivity contribution in [2.45, 2.75) is 6.42 Å². The van der Waals surface area contributed by atoms with Crippen LogP contribution >= 0.6 is 11.6 Å². The van der Waals surface area contributed by atoms with Gasteiger partial charge in [-0.15, -0.1) is 10.2 Å². The van der Waals surface area contributed by atoms with E-state index in [0.29, 0.717) is 29.1 Å². The first-order chi connectivity index (χ1) is 12.2. The van der Waals surface area contributed by atoms with E-state index < -0.39 is 0 Å². The minimum atomic E-state index is -0.186. The summed E-state index contributed by atoms with van der Waals surface area (Å²) in [6.45, 7) is 0.450. The van der Waals surface area contributed by atoms with Crippen molar-refractivity contribution >= 4 is 34.1 Å². The molecule has 3 aromatic heterocycles. The third-order valence-corrected chi connectivity index (χ3v) is 4.31. The minimum absolute atomic E-state index is 0.186. The molecule has 0 aliphatic heterocycles. The van der Waals surface area contributed by atoms with Crippen LogP contribution < -0.4 is 5.32 Å². The molecule has 3 heterocycles. The predicted molar refractivity (Wildman–Crippen MR) is 95.8 cm³/mol. The number of rotatable bonds is 4. The molecular formula is C18H14ClN5O. The summed E-state index contributed by atoms with van der Waals surface area (Å²) in [7, 11) is 0. The molecule has 0 fully saturated rings. The number of amides is 1. The van der Waals surface area contributed by atoms with Gasteiger partial charge in [-0.1, -0.05) is 17.7 Å². The molecule has 1 amide bonds. The standard InChI is InChI=1S/C18H14ClN5O/c19-14-7-6-13(17-12(14)4-3-9-20-17)18(25)21-10-8-16-23-22-15-5-1-2-11-24(15)16/h1-7,9,11H,8,10H2,(H,21,25). The Hall–Kier alpha value is -2.99. The summed E-state index contributed by atoms with van der Waals surface area (Å²) in [5, 5.41) is 12.5. The molecule has 1 aromatic carbocycles. The molecule has 4 aromatic rings. The lowest BCUT2D eigenvalue weighted by Crippen LogP contribution is -2.26. The molecule has 124 valence electrons. The Morgan fingerprint density at radius 2 is 2.04 bits per heavy atom. The maximum absolute atomic E-state index is 12.5. The number of fused-ring (bicyclic) bond motifs is 2. The van der Waals surface area contributed by atoms with Gasteiger partial charge in [-0.25, -0.2) is 0 Å². The second-order valence-corrected chi connectivity index (χ2v) is 5.95. The fraction of sp³-hybridized carbons (Fsp3) is 0.111. The van der Waals surface area contributed by atoms with Gasteiger partial charge in [-0.05, 0) is 36.4 Å². The Kier molecular flexibility index (Phi) is 4.03. The van der Waals surface area contributed by atoms with E-state index in [-0.39, 0.29) is 5.91 Å². The van der Waals surface area contributed by atoms with E-state index in [1.165, 1.54) is 0 Å². The van der Waals surface area contributed by atoms with Gasteiger partial charge in [0.2, 0.25) is 0 Å². The SMILES string of the molecule is O=C(NCCc1nnc2ccccn12)c1ccc(Cl)c2cccnc12. The van der Waals surface area contributed by atoms with E-state index in [0.717, 1.165) is 16.9 Å². The molecule has 0 radical (unpaired) electrons. The molecule has 4 rings (SSSR count). The largest absolute Gasteiger partial charge is 0.352 e. The maximum Gasteiger partial charge on any atom is 0.253 e. The quantitative estimate of drug-likeness (QED) is 0.613. The third kappa shape index (κ3) is 2.92. The molecule has 0 aliphatic carbocycles. The van der Waals surface area contributed by atoms with E-state index in [4.69, 9.17) is 11.6 Å². The zero-order chi connectivity index (χ0) is 17.2. The highest BCUT2D eigenvalue weighted by atomic mass is 35.5. The van der Waals surface area contributed by atoms with Crippen molar-refractivity contribution in [1.82, 2.24) is 24.9 Å². The Bertz CT molecular complexity index is 1080. The zero-order valence-corrected chi connectivity index (χ0v) is 13.9. The third-order valence-electron chi connectivity index (χ3n) is 3.98. The van der Waals surface area contributed by atoms with Crippen molar-refractivity contribution in [3.05, 3.63) is 71.3 Å². The van der Waals surface area contributed by atoms with Crippen molar-refractivity contribution in [3.8, 4) is 0 Å². The molecule has 6 nitrogen and oxygen atoms in total. The average Bonchev–Trinajstić information content (AvgIpc) is 3.05. The van der Waals surface area contributed by atoms with Gasteiger partial charge in [0.15, 0.2) is 5.65 Å². The minimum Gasteiger partial charge on any atom is -0.352 e. The lowest BCUT2D eigenvalue weighted by Gasteiger charge is -2.08. The topological polar surface area (TPSA) is 72.2 Å². The highest BCUT2D eigenvalue weighted by molar-refractivity contribution is 6.36. The van der Waals surface area contributed by atoms with Crippen LogP contribution in [0.2, 0.25) is 5.02 Å². The van der Waals surface area contributed by atoms with Gasteiger partial charge in [-0.3, -0.25) is 14.2 Å². The van der Waals surface area contributed by atoms with Crippen LogP contribution in [0, 0.1) is 0 Å². The molecule has 0 bridgehead atoms. The average molecular weight is 352 g/mol. The smallest absolute Gasteiger partial charge is 0.253 e. The fourth-order valence-corrected chi connectivity index (χ4v) is 2.98. The van der Waals surface area contributed by atoms with E-state index in [9.17, 15) is 4.79 Å². The van der Waals surface area contributed by atoms with E-state index in [1.54, 1.807) is 24.4 Å². The van der Waals surface area contributed by atoms with Gasteiger partial charge in [0.05, 0.1) is 16.1 Å². The molecule has 25 heavy (non-hydrogen) atoms. The van der Waals surface area contributed by atoms with Gasteiger partial charge in [0.25, 0.3) is 5.91 Å². The number of carbonyl (C=O) groups is 1. The summed E-state index contributed by atoms with van der Waals surface area (Å²) in [4.78, 5) is 16.8. The molecule has 0 aliphatic rings. The summed E-state index contributed by atoms with van der Waals surface area (Å²) in [6, 6.07) is 12.8. The Labute approximate surface area is 148 Å². The first-order valence-electron chi connectivity index (χ1n) is 7.84. The van der Waals surface area contributed by atoms with Gasteiger partial charge in [0.1, 0.15) is 5.82 Å². The van der Waals surface area contributed by atoms with Crippen LogP contribution in [0.5, 0.6) is 0 Å². The van der Waals surface area contributed by atoms with Crippen molar-refractivity contribution in [1.29, 1.82) is 0 Å². The predicted octanol–water partition coefficient (Wildman–Crippen LogP) is 2.90. The first kappa shape index (κ1) is 15.5. The number of pyridine rings is 2. The first-order valence-corrected chi connectivity index (χ1v) is 8.22. The molecule has 0 saturated heterocycles. The number of hydrogen-bond acceptors (Lipinski definition) is 4. The maximum atomic E-state index is 12.5. The number of aromatic nitrogens is 4. The van der Waals surface area contributed by atoms with Crippen LogP contribution in [0.4, 0.5) is 0 Å². The van der Waals surface area contributed by atoms with Crippen LogP contribution in [0.3, 0.4) is 0 Å². The number of nitrogens with one attached hydrogen (secondary N) is 1. The number of nitrogens with zero attached hydrogens (tertiary/aromatic N) is 4. The van der Waals surface area contributed by atoms with Gasteiger partial charge < -0.3 is 5.32 Å². The number of carbonyl (C=O) groups excluding carboxylic acids is 1. The van der Waals surface area contributed by atoms with Crippen LogP contribution in [-0.4, -0.2) is 32.0 Å². The van der Waals surface area contributed by atoms with Gasteiger partial charge >= 0.3 is 0 Å². The van der Waals surface area contributed by atoms with Crippen LogP contribution in [0.25, 0.3) is 16.6 Å². The Morgan fingerprint density at radius 3 is 2.96 bits per heavy atom. The van der Waals surface area contributed by atoms with Crippen molar-refractivity contribution in [3.63, 3.8) is 0 Å². The lowest BCUT2D eigenvalue weighted by atomic mass is 10.1. The fourth-order valence-electron chi connectivity index (χ4n) is 2.77. The summed E-state index contributed by atoms with van der Waals surface area (Å²) in [5.41, 5.74) is 1.89. The van der Waals surface area contributed by atoms with E-state index in [2.05, 4.69) is 20.5 Å². The number of halogens is 1. The second-order valence-electron chi connectivity index (χ2n) is 5.55. The van der Waals surface area contributed by atoms with Gasteiger partial charge in [-0.2, -0.15) is 0 Å². The van der Waals surface area contributed by atoms with Crippen LogP contribution in [0.1, 0.15) is 16.2 Å². The highest BCUT2D eigenvalue weighted by Crippen LogP contribution is 2.24. The molecule has 0 atom stereocenters. The Balaban J connectivity index is 1.51. The van der Waals surface area contributed by atoms with Crippen molar-refractivity contribution < 1.29 is 4.79 Å². The van der Waals surface area contributed by atoms with Gasteiger partial charge in [0, 0.05) is 30.7 Å². The van der Waals surface area contributed by atoms with Crippen LogP contribution in [0.15, 0.2) is 54.9 Å². The molecule has 0 spiro atoms. The molecular weight excluding hydrogens is 338 g/mol. The lowest BCUT2D eigenvalue weighted by molar-refractivity contribution is 0.0955. The normalized spacial score (nSPS) is 11.1. The second kappa shape index (κ2) is 6.49. The molecule has 1 N–H and O–H groups in total. The molecule has 0 unspecified atom stereocenters. The summed E-state index contributed by atoms with van der Waals surface area (Å²) >= 11 is 6.17. The number of benzene rings is 1. The molecule has 7 heteroatoms. The summed E-state index contributed by atoms with van der Waals surface area (Å²) in [6.07, 6.45) is 4.14. The Morgan fingerprint density at radius 1 is 1.12 bits per heavy atom. The van der Waals surface area contributed by atoms with Crippen LogP contribution in [-0.2, 0) is 6.42 Å². The van der Waals surface area contributed by atoms with Crippen molar-refractivity contribution in [2.75, 3.05) is 6.54 Å². The monoisotopic (exact) mass is 351 g/mol. The number of hydrogen-bond donors (Lipinski definition) is 1. The molecule has 0 saturated carbocycles. The van der Waals surface area contributed by atoms with E-state index >= 15 is 0 Å². The van der Waals surface area contributed by atoms with E-state index in [1.807, 2.05) is 34.9 Å². The zero-order valence-electron chi connectivity index (χ0n) is 13.2. The summed E-state index contributed by atoms with van der Waals surface area (Å²) in [5.74, 6) is 0.615.